The van der Waals surface area contributed by atoms with E-state index in [4.69, 9.17) is 21.3 Å². The number of hydrogen-bond donors (Lipinski definition) is 1. The van der Waals surface area contributed by atoms with Gasteiger partial charge in [0.1, 0.15) is 5.65 Å². The zero-order chi connectivity index (χ0) is 25.4. The molecule has 1 unspecified atom stereocenters. The van der Waals surface area contributed by atoms with E-state index in [-0.39, 0.29) is 17.2 Å². The summed E-state index contributed by atoms with van der Waals surface area (Å²) in [6, 6.07) is 13.6. The third-order valence-corrected chi connectivity index (χ3v) is 6.93. The molecule has 186 valence electrons. The van der Waals surface area contributed by atoms with Gasteiger partial charge in [0.25, 0.3) is 5.56 Å². The summed E-state index contributed by atoms with van der Waals surface area (Å²) in [4.78, 5) is 27.4. The number of hydrogen-bond acceptors (Lipinski definition) is 6. The topological polar surface area (TPSA) is 81.9 Å². The Morgan fingerprint density at radius 1 is 1.17 bits per heavy atom. The Morgan fingerprint density at radius 3 is 2.72 bits per heavy atom. The van der Waals surface area contributed by atoms with Gasteiger partial charge in [-0.15, -0.1) is 0 Å². The molecule has 1 aliphatic rings. The number of aryl methyl sites for hydroxylation is 2. The quantitative estimate of drug-likeness (QED) is 0.366. The fourth-order valence-corrected chi connectivity index (χ4v) is 5.13. The van der Waals surface area contributed by atoms with Crippen LogP contribution in [0.25, 0.3) is 33.4 Å². The van der Waals surface area contributed by atoms with Gasteiger partial charge in [-0.1, -0.05) is 29.8 Å². The van der Waals surface area contributed by atoms with Crippen LogP contribution in [-0.2, 0) is 11.3 Å². The maximum atomic E-state index is 13.5. The Bertz CT molecular complexity index is 1500. The molecule has 0 amide bonds. The van der Waals surface area contributed by atoms with Gasteiger partial charge in [-0.2, -0.15) is 4.98 Å². The van der Waals surface area contributed by atoms with Crippen LogP contribution < -0.4 is 10.9 Å². The van der Waals surface area contributed by atoms with E-state index in [0.29, 0.717) is 40.9 Å². The number of anilines is 1. The van der Waals surface area contributed by atoms with Crippen LogP contribution in [0, 0.1) is 6.92 Å². The minimum Gasteiger partial charge on any atom is -0.375 e. The maximum absolute atomic E-state index is 13.5. The maximum Gasteiger partial charge on any atom is 0.260 e. The first-order valence-corrected chi connectivity index (χ1v) is 12.7. The highest BCUT2D eigenvalue weighted by Gasteiger charge is 2.29. The lowest BCUT2D eigenvalue weighted by Gasteiger charge is -2.35. The molecular weight excluding hydrogens is 474 g/mol. The standard InChI is InChI=1S/C28H30ClN5O2/c1-5-34-25-19(16-30-27(33-25)32-20-11-12-36-28(3,4)15-20)13-22(26(34)35)21-10-9-18(14-23(21)29)24-8-6-7-17(2)31-24/h6-10,13-14,16,20H,5,11-12,15H2,1-4H3,(H,30,32,33). The van der Waals surface area contributed by atoms with Gasteiger partial charge in [0.05, 0.1) is 11.3 Å². The monoisotopic (exact) mass is 503 g/mol. The van der Waals surface area contributed by atoms with Crippen LogP contribution in [0.1, 0.15) is 39.3 Å². The number of aromatic nitrogens is 4. The predicted molar refractivity (Wildman–Crippen MR) is 145 cm³/mol. The number of pyridine rings is 2. The van der Waals surface area contributed by atoms with Gasteiger partial charge in [-0.05, 0) is 64.8 Å². The molecule has 0 saturated carbocycles. The van der Waals surface area contributed by atoms with E-state index in [9.17, 15) is 4.79 Å². The zero-order valence-electron chi connectivity index (χ0n) is 21.0. The van der Waals surface area contributed by atoms with Gasteiger partial charge in [0.2, 0.25) is 5.95 Å². The number of nitrogens with one attached hydrogen (secondary N) is 1. The summed E-state index contributed by atoms with van der Waals surface area (Å²) < 4.78 is 7.50. The van der Waals surface area contributed by atoms with E-state index in [2.05, 4.69) is 29.1 Å². The van der Waals surface area contributed by atoms with Gasteiger partial charge in [0.15, 0.2) is 0 Å². The number of benzene rings is 1. The molecule has 1 fully saturated rings. The van der Waals surface area contributed by atoms with Crippen molar-refractivity contribution in [3.05, 3.63) is 69.7 Å². The Hall–Kier alpha value is -3.29. The van der Waals surface area contributed by atoms with Crippen molar-refractivity contribution in [2.24, 2.45) is 0 Å². The van der Waals surface area contributed by atoms with E-state index in [1.807, 2.05) is 56.3 Å². The SMILES string of the molecule is CCn1c(=O)c(-c2ccc(-c3cccc(C)n3)cc2Cl)cc2cnc(NC3CCOC(C)(C)C3)nc21. The molecule has 1 N–H and O–H groups in total. The highest BCUT2D eigenvalue weighted by molar-refractivity contribution is 6.33. The molecule has 1 aromatic carbocycles. The predicted octanol–water partition coefficient (Wildman–Crippen LogP) is 5.87. The average Bonchev–Trinajstić information content (AvgIpc) is 2.83. The average molecular weight is 504 g/mol. The molecule has 3 aromatic heterocycles. The molecule has 0 radical (unpaired) electrons. The molecule has 1 aliphatic heterocycles. The second-order valence-corrected chi connectivity index (χ2v) is 10.3. The number of fused-ring (bicyclic) bond motifs is 1. The Balaban J connectivity index is 1.51. The van der Waals surface area contributed by atoms with Gasteiger partial charge >= 0.3 is 0 Å². The normalized spacial score (nSPS) is 17.3. The molecule has 8 heteroatoms. The van der Waals surface area contributed by atoms with E-state index in [0.717, 1.165) is 35.2 Å². The summed E-state index contributed by atoms with van der Waals surface area (Å²) in [5.74, 6) is 0.521. The Labute approximate surface area is 215 Å². The first kappa shape index (κ1) is 24.4. The molecule has 0 aliphatic carbocycles. The Kier molecular flexibility index (Phi) is 6.53. The number of ether oxygens (including phenoxy) is 1. The summed E-state index contributed by atoms with van der Waals surface area (Å²) in [5, 5.41) is 4.71. The molecule has 36 heavy (non-hydrogen) atoms. The molecule has 7 nitrogen and oxygen atoms in total. The summed E-state index contributed by atoms with van der Waals surface area (Å²) in [5.41, 5.74) is 4.16. The molecular formula is C28H30ClN5O2. The van der Waals surface area contributed by atoms with Crippen molar-refractivity contribution in [3.63, 3.8) is 0 Å². The lowest BCUT2D eigenvalue weighted by molar-refractivity contribution is -0.0553. The number of nitrogens with zero attached hydrogens (tertiary/aromatic N) is 4. The highest BCUT2D eigenvalue weighted by atomic mass is 35.5. The van der Waals surface area contributed by atoms with Crippen LogP contribution in [0.5, 0.6) is 0 Å². The first-order chi connectivity index (χ1) is 17.2. The van der Waals surface area contributed by atoms with E-state index in [1.165, 1.54) is 0 Å². The van der Waals surface area contributed by atoms with Crippen molar-refractivity contribution in [2.45, 2.75) is 58.7 Å². The molecule has 1 atom stereocenters. The van der Waals surface area contributed by atoms with Crippen molar-refractivity contribution < 1.29 is 4.74 Å². The van der Waals surface area contributed by atoms with Crippen LogP contribution in [0.4, 0.5) is 5.95 Å². The molecule has 0 bridgehead atoms. The lowest BCUT2D eigenvalue weighted by Crippen LogP contribution is -2.40. The van der Waals surface area contributed by atoms with Crippen LogP contribution in [0.2, 0.25) is 5.02 Å². The summed E-state index contributed by atoms with van der Waals surface area (Å²) in [6.07, 6.45) is 3.51. The summed E-state index contributed by atoms with van der Waals surface area (Å²) in [7, 11) is 0. The largest absolute Gasteiger partial charge is 0.375 e. The highest BCUT2D eigenvalue weighted by Crippen LogP contribution is 2.32. The van der Waals surface area contributed by atoms with Crippen LogP contribution in [0.15, 0.2) is 53.5 Å². The van der Waals surface area contributed by atoms with Gasteiger partial charge < -0.3 is 10.1 Å². The van der Waals surface area contributed by atoms with Crippen molar-refractivity contribution >= 4 is 28.6 Å². The van der Waals surface area contributed by atoms with E-state index in [1.54, 1.807) is 10.8 Å². The number of halogens is 1. The minimum absolute atomic E-state index is 0.134. The molecule has 0 spiro atoms. The van der Waals surface area contributed by atoms with Crippen molar-refractivity contribution in [1.82, 2.24) is 19.5 Å². The molecule has 4 aromatic rings. The first-order valence-electron chi connectivity index (χ1n) is 12.3. The summed E-state index contributed by atoms with van der Waals surface area (Å²) in [6.45, 7) is 9.25. The van der Waals surface area contributed by atoms with Crippen molar-refractivity contribution in [2.75, 3.05) is 11.9 Å². The van der Waals surface area contributed by atoms with Gasteiger partial charge in [-0.3, -0.25) is 14.3 Å². The van der Waals surface area contributed by atoms with Crippen molar-refractivity contribution in [1.29, 1.82) is 0 Å². The lowest BCUT2D eigenvalue weighted by atomic mass is 9.94. The fourth-order valence-electron chi connectivity index (χ4n) is 4.85. The second-order valence-electron chi connectivity index (χ2n) is 9.88. The smallest absolute Gasteiger partial charge is 0.260 e. The fraction of sp³-hybridized carbons (Fsp3) is 0.357. The van der Waals surface area contributed by atoms with Crippen LogP contribution in [0.3, 0.4) is 0 Å². The van der Waals surface area contributed by atoms with Gasteiger partial charge in [0, 0.05) is 58.2 Å². The number of rotatable bonds is 5. The summed E-state index contributed by atoms with van der Waals surface area (Å²) >= 11 is 6.70. The zero-order valence-corrected chi connectivity index (χ0v) is 21.8. The third-order valence-electron chi connectivity index (χ3n) is 6.62. The second kappa shape index (κ2) is 9.64. The molecule has 1 saturated heterocycles. The minimum atomic E-state index is -0.183. The van der Waals surface area contributed by atoms with E-state index < -0.39 is 0 Å². The van der Waals surface area contributed by atoms with E-state index >= 15 is 0 Å². The van der Waals surface area contributed by atoms with Crippen molar-refractivity contribution in [3.8, 4) is 22.4 Å². The molecule has 5 rings (SSSR count). The molecule has 4 heterocycles. The van der Waals surface area contributed by atoms with Gasteiger partial charge in [-0.25, -0.2) is 4.98 Å². The third kappa shape index (κ3) is 4.86. The van der Waals surface area contributed by atoms with Crippen LogP contribution >= 0.6 is 11.6 Å². The van der Waals surface area contributed by atoms with Crippen LogP contribution in [-0.4, -0.2) is 37.8 Å². The Morgan fingerprint density at radius 2 is 2.00 bits per heavy atom.